The van der Waals surface area contributed by atoms with Crippen LogP contribution in [0.4, 0.5) is 13.2 Å². The van der Waals surface area contributed by atoms with Crippen molar-refractivity contribution in [3.05, 3.63) is 33.8 Å². The molecule has 1 aromatic rings. The van der Waals surface area contributed by atoms with Crippen molar-refractivity contribution in [2.45, 2.75) is 25.6 Å². The number of benzene rings is 1. The number of halogens is 4. The van der Waals surface area contributed by atoms with Crippen molar-refractivity contribution < 1.29 is 22.8 Å². The Labute approximate surface area is 121 Å². The van der Waals surface area contributed by atoms with Crippen LogP contribution in [0.15, 0.2) is 22.7 Å². The number of primary amides is 1. The SMILES string of the molecule is CC(C)(NC(=O)c1ccc(Br)c(C(F)(F)F)c1)C(N)=O. The summed E-state index contributed by atoms with van der Waals surface area (Å²) in [5, 5.41) is 2.27. The molecule has 0 aliphatic carbocycles. The summed E-state index contributed by atoms with van der Waals surface area (Å²) in [5.74, 6) is -1.61. The molecule has 0 aliphatic rings. The Morgan fingerprint density at radius 3 is 2.25 bits per heavy atom. The summed E-state index contributed by atoms with van der Waals surface area (Å²) in [6, 6.07) is 3.04. The Balaban J connectivity index is 3.10. The number of nitrogens with one attached hydrogen (secondary N) is 1. The molecule has 0 aromatic heterocycles. The minimum atomic E-state index is -4.59. The predicted molar refractivity (Wildman–Crippen MR) is 69.9 cm³/mol. The Morgan fingerprint density at radius 2 is 1.80 bits per heavy atom. The van der Waals surface area contributed by atoms with Gasteiger partial charge in [0, 0.05) is 10.0 Å². The third-order valence-electron chi connectivity index (χ3n) is 2.58. The summed E-state index contributed by atoms with van der Waals surface area (Å²) in [5.41, 5.74) is 2.54. The summed E-state index contributed by atoms with van der Waals surface area (Å²) in [7, 11) is 0. The molecule has 2 amide bonds. The first kappa shape index (κ1) is 16.5. The molecule has 20 heavy (non-hydrogen) atoms. The fourth-order valence-electron chi connectivity index (χ4n) is 1.30. The number of carbonyl (C=O) groups is 2. The number of carbonyl (C=O) groups excluding carboxylic acids is 2. The van der Waals surface area contributed by atoms with Crippen LogP contribution in [0.25, 0.3) is 0 Å². The monoisotopic (exact) mass is 352 g/mol. The van der Waals surface area contributed by atoms with Crippen LogP contribution in [0.1, 0.15) is 29.8 Å². The lowest BCUT2D eigenvalue weighted by molar-refractivity contribution is -0.138. The number of hydrogen-bond donors (Lipinski definition) is 2. The van der Waals surface area contributed by atoms with E-state index in [0.29, 0.717) is 6.07 Å². The zero-order valence-corrected chi connectivity index (χ0v) is 12.2. The van der Waals surface area contributed by atoms with Gasteiger partial charge >= 0.3 is 6.18 Å². The van der Waals surface area contributed by atoms with Gasteiger partial charge in [-0.3, -0.25) is 9.59 Å². The maximum atomic E-state index is 12.7. The van der Waals surface area contributed by atoms with Crippen molar-refractivity contribution in [3.8, 4) is 0 Å². The van der Waals surface area contributed by atoms with E-state index in [1.807, 2.05) is 0 Å². The molecule has 0 spiro atoms. The summed E-state index contributed by atoms with van der Waals surface area (Å²) < 4.78 is 38.0. The molecule has 4 nitrogen and oxygen atoms in total. The molecule has 1 rings (SSSR count). The van der Waals surface area contributed by atoms with Crippen molar-refractivity contribution in [2.75, 3.05) is 0 Å². The van der Waals surface area contributed by atoms with Gasteiger partial charge in [-0.15, -0.1) is 0 Å². The molecule has 0 aliphatic heterocycles. The van der Waals surface area contributed by atoms with Crippen LogP contribution < -0.4 is 11.1 Å². The second-order valence-electron chi connectivity index (χ2n) is 4.64. The largest absolute Gasteiger partial charge is 0.417 e. The van der Waals surface area contributed by atoms with Crippen molar-refractivity contribution in [1.29, 1.82) is 0 Å². The number of nitrogens with two attached hydrogens (primary N) is 1. The minimum Gasteiger partial charge on any atom is -0.368 e. The Kier molecular flexibility index (Phi) is 4.48. The molecule has 0 fully saturated rings. The van der Waals surface area contributed by atoms with Gasteiger partial charge in [-0.1, -0.05) is 15.9 Å². The standard InChI is InChI=1S/C12H12BrF3N2O2/c1-11(2,10(17)20)18-9(19)6-3-4-8(13)7(5-6)12(14,15)16/h3-5H,1-2H3,(H2,17,20)(H,18,19). The molecule has 3 N–H and O–H groups in total. The first-order valence-corrected chi connectivity index (χ1v) is 6.23. The van der Waals surface area contributed by atoms with Gasteiger partial charge < -0.3 is 11.1 Å². The van der Waals surface area contributed by atoms with Gasteiger partial charge in [-0.25, -0.2) is 0 Å². The van der Waals surface area contributed by atoms with E-state index in [9.17, 15) is 22.8 Å². The summed E-state index contributed by atoms with van der Waals surface area (Å²) in [6.45, 7) is 2.72. The number of rotatable bonds is 3. The summed E-state index contributed by atoms with van der Waals surface area (Å²) >= 11 is 2.77. The summed E-state index contributed by atoms with van der Waals surface area (Å²) in [6.07, 6.45) is -4.59. The first-order valence-electron chi connectivity index (χ1n) is 5.44. The first-order chi connectivity index (χ1) is 8.95. The third kappa shape index (κ3) is 3.72. The maximum absolute atomic E-state index is 12.7. The quantitative estimate of drug-likeness (QED) is 0.876. The van der Waals surface area contributed by atoms with Crippen molar-refractivity contribution >= 4 is 27.7 Å². The molecule has 0 saturated heterocycles. The molecule has 110 valence electrons. The number of amides is 2. The topological polar surface area (TPSA) is 72.2 Å². The average molecular weight is 353 g/mol. The average Bonchev–Trinajstić information content (AvgIpc) is 2.26. The number of hydrogen-bond acceptors (Lipinski definition) is 2. The Bertz CT molecular complexity index is 556. The molecule has 0 radical (unpaired) electrons. The minimum absolute atomic E-state index is 0.171. The molecule has 0 unspecified atom stereocenters. The van der Waals surface area contributed by atoms with E-state index >= 15 is 0 Å². The van der Waals surface area contributed by atoms with E-state index < -0.39 is 29.1 Å². The van der Waals surface area contributed by atoms with Gasteiger partial charge in [0.25, 0.3) is 5.91 Å². The van der Waals surface area contributed by atoms with Gasteiger partial charge in [0.1, 0.15) is 5.54 Å². The van der Waals surface area contributed by atoms with Crippen molar-refractivity contribution in [2.24, 2.45) is 5.73 Å². The van der Waals surface area contributed by atoms with Gasteiger partial charge in [-0.05, 0) is 32.0 Å². The summed E-state index contributed by atoms with van der Waals surface area (Å²) in [4.78, 5) is 22.9. The Hall–Kier alpha value is -1.57. The molecule has 0 heterocycles. The number of alkyl halides is 3. The second kappa shape index (κ2) is 5.43. The molecule has 0 saturated carbocycles. The predicted octanol–water partition coefficient (Wildman–Crippen LogP) is 2.46. The van der Waals surface area contributed by atoms with Crippen LogP contribution in [0.3, 0.4) is 0 Å². The van der Waals surface area contributed by atoms with E-state index in [4.69, 9.17) is 5.73 Å². The van der Waals surface area contributed by atoms with Gasteiger partial charge in [0.05, 0.1) is 5.56 Å². The molecular formula is C12H12BrF3N2O2. The van der Waals surface area contributed by atoms with Crippen LogP contribution in [-0.2, 0) is 11.0 Å². The lowest BCUT2D eigenvalue weighted by Crippen LogP contribution is -2.53. The smallest absolute Gasteiger partial charge is 0.368 e. The third-order valence-corrected chi connectivity index (χ3v) is 3.27. The van der Waals surface area contributed by atoms with Gasteiger partial charge in [0.15, 0.2) is 0 Å². The van der Waals surface area contributed by atoms with Crippen LogP contribution in [0, 0.1) is 0 Å². The zero-order chi connectivity index (χ0) is 15.7. The fraction of sp³-hybridized carbons (Fsp3) is 0.333. The van der Waals surface area contributed by atoms with E-state index in [1.54, 1.807) is 0 Å². The van der Waals surface area contributed by atoms with E-state index in [-0.39, 0.29) is 10.0 Å². The molecular weight excluding hydrogens is 341 g/mol. The van der Waals surface area contributed by atoms with Crippen LogP contribution in [0.5, 0.6) is 0 Å². The van der Waals surface area contributed by atoms with Crippen LogP contribution in [0.2, 0.25) is 0 Å². The normalized spacial score (nSPS) is 12.1. The lowest BCUT2D eigenvalue weighted by atomic mass is 10.0. The second-order valence-corrected chi connectivity index (χ2v) is 5.49. The fourth-order valence-corrected chi connectivity index (χ4v) is 1.77. The molecule has 8 heteroatoms. The highest BCUT2D eigenvalue weighted by atomic mass is 79.9. The molecule has 1 aromatic carbocycles. The maximum Gasteiger partial charge on any atom is 0.417 e. The van der Waals surface area contributed by atoms with Crippen LogP contribution >= 0.6 is 15.9 Å². The molecule has 0 atom stereocenters. The lowest BCUT2D eigenvalue weighted by Gasteiger charge is -2.22. The van der Waals surface area contributed by atoms with E-state index in [2.05, 4.69) is 21.2 Å². The Morgan fingerprint density at radius 1 is 1.25 bits per heavy atom. The highest BCUT2D eigenvalue weighted by Gasteiger charge is 2.34. The van der Waals surface area contributed by atoms with E-state index in [0.717, 1.165) is 6.07 Å². The van der Waals surface area contributed by atoms with Gasteiger partial charge in [-0.2, -0.15) is 13.2 Å². The van der Waals surface area contributed by atoms with Gasteiger partial charge in [0.2, 0.25) is 5.91 Å². The van der Waals surface area contributed by atoms with E-state index in [1.165, 1.54) is 19.9 Å². The van der Waals surface area contributed by atoms with Crippen LogP contribution in [-0.4, -0.2) is 17.4 Å². The highest BCUT2D eigenvalue weighted by Crippen LogP contribution is 2.35. The zero-order valence-electron chi connectivity index (χ0n) is 10.6. The van der Waals surface area contributed by atoms with Crippen molar-refractivity contribution in [3.63, 3.8) is 0 Å². The van der Waals surface area contributed by atoms with Crippen molar-refractivity contribution in [1.82, 2.24) is 5.32 Å². The highest BCUT2D eigenvalue weighted by molar-refractivity contribution is 9.10. The molecule has 0 bridgehead atoms.